The molecule has 0 heterocycles. The molecule has 3 aromatic carbocycles. The Labute approximate surface area is 211 Å². The summed E-state index contributed by atoms with van der Waals surface area (Å²) in [6.45, 7) is 0.253. The van der Waals surface area contributed by atoms with Crippen molar-refractivity contribution < 1.29 is 19.5 Å². The topological polar surface area (TPSA) is 95.5 Å². The maximum Gasteiger partial charge on any atom is 0.303 e. The van der Waals surface area contributed by atoms with Gasteiger partial charge in [-0.15, -0.1) is 0 Å². The molecule has 3 aromatic rings. The number of hydrogen-bond donors (Lipinski definition) is 3. The van der Waals surface area contributed by atoms with Crippen molar-refractivity contribution in [2.24, 2.45) is 5.92 Å². The largest absolute Gasteiger partial charge is 0.481 e. The Morgan fingerprint density at radius 2 is 1.42 bits per heavy atom. The highest BCUT2D eigenvalue weighted by atomic mass is 16.4. The molecule has 6 nitrogen and oxygen atoms in total. The Morgan fingerprint density at radius 1 is 0.778 bits per heavy atom. The van der Waals surface area contributed by atoms with Gasteiger partial charge in [-0.3, -0.25) is 14.4 Å². The summed E-state index contributed by atoms with van der Waals surface area (Å²) in [5, 5.41) is 14.7. The molecule has 1 aliphatic carbocycles. The average molecular weight is 485 g/mol. The lowest BCUT2D eigenvalue weighted by molar-refractivity contribution is -0.138. The van der Waals surface area contributed by atoms with Gasteiger partial charge in [-0.05, 0) is 78.5 Å². The Hall–Kier alpha value is -3.93. The van der Waals surface area contributed by atoms with E-state index in [0.29, 0.717) is 11.5 Å². The van der Waals surface area contributed by atoms with Crippen molar-refractivity contribution >= 4 is 23.5 Å². The molecule has 0 unspecified atom stereocenters. The highest BCUT2D eigenvalue weighted by Gasteiger charge is 2.24. The van der Waals surface area contributed by atoms with Crippen LogP contribution in [0, 0.1) is 5.92 Å². The maximum atomic E-state index is 12.4. The van der Waals surface area contributed by atoms with Gasteiger partial charge in [-0.2, -0.15) is 0 Å². The monoisotopic (exact) mass is 484 g/mol. The zero-order valence-corrected chi connectivity index (χ0v) is 20.3. The summed E-state index contributed by atoms with van der Waals surface area (Å²) in [5.41, 5.74) is 4.65. The number of carbonyl (C=O) groups excluding carboxylic acids is 2. The molecule has 186 valence electrons. The zero-order valence-electron chi connectivity index (χ0n) is 20.3. The van der Waals surface area contributed by atoms with Gasteiger partial charge >= 0.3 is 5.97 Å². The van der Waals surface area contributed by atoms with Crippen molar-refractivity contribution in [3.63, 3.8) is 0 Å². The SMILES string of the molecule is O=C(O)CC1CCC(c2ccc(NC(=O)CCNC(=O)c3ccc(-c4ccccc4)cc3)cc2)CC1. The number of hydrogen-bond acceptors (Lipinski definition) is 3. The van der Waals surface area contributed by atoms with E-state index in [2.05, 4.69) is 10.6 Å². The number of carbonyl (C=O) groups is 3. The number of nitrogens with one attached hydrogen (secondary N) is 2. The Bertz CT molecular complexity index is 1170. The van der Waals surface area contributed by atoms with Gasteiger partial charge in [-0.1, -0.05) is 54.6 Å². The highest BCUT2D eigenvalue weighted by molar-refractivity contribution is 5.95. The third kappa shape index (κ3) is 7.04. The van der Waals surface area contributed by atoms with Gasteiger partial charge in [-0.25, -0.2) is 0 Å². The van der Waals surface area contributed by atoms with E-state index < -0.39 is 5.97 Å². The molecule has 4 rings (SSSR count). The third-order valence-electron chi connectivity index (χ3n) is 6.87. The molecule has 0 spiro atoms. The van der Waals surface area contributed by atoms with Crippen molar-refractivity contribution in [2.75, 3.05) is 11.9 Å². The standard InChI is InChI=1S/C30H32N2O4/c33-28(18-19-31-30(36)26-12-10-24(11-13-26)22-4-2-1-3-5-22)32-27-16-14-25(15-17-27)23-8-6-21(7-9-23)20-29(34)35/h1-5,10-17,21,23H,6-9,18-20H2,(H,31,36)(H,32,33)(H,34,35). The van der Waals surface area contributed by atoms with Gasteiger partial charge in [0.1, 0.15) is 0 Å². The van der Waals surface area contributed by atoms with E-state index in [9.17, 15) is 14.4 Å². The molecular weight excluding hydrogens is 452 g/mol. The van der Waals surface area contributed by atoms with E-state index >= 15 is 0 Å². The summed E-state index contributed by atoms with van der Waals surface area (Å²) in [4.78, 5) is 35.7. The first kappa shape index (κ1) is 25.2. The van der Waals surface area contributed by atoms with Crippen molar-refractivity contribution in [3.8, 4) is 11.1 Å². The minimum absolute atomic E-state index is 0.156. The molecular formula is C30H32N2O4. The van der Waals surface area contributed by atoms with Gasteiger partial charge in [0.2, 0.25) is 5.91 Å². The number of carboxylic acids is 1. The summed E-state index contributed by atoms with van der Waals surface area (Å²) in [6.07, 6.45) is 4.33. The summed E-state index contributed by atoms with van der Waals surface area (Å²) in [5.74, 6) is -0.347. The second kappa shape index (κ2) is 12.2. The van der Waals surface area contributed by atoms with E-state index in [-0.39, 0.29) is 37.1 Å². The Morgan fingerprint density at radius 3 is 2.06 bits per heavy atom. The molecule has 1 fully saturated rings. The summed E-state index contributed by atoms with van der Waals surface area (Å²) in [7, 11) is 0. The van der Waals surface area contributed by atoms with Crippen LogP contribution >= 0.6 is 0 Å². The van der Waals surface area contributed by atoms with Gasteiger partial charge < -0.3 is 15.7 Å². The zero-order chi connectivity index (χ0) is 25.3. The lowest BCUT2D eigenvalue weighted by Gasteiger charge is -2.28. The van der Waals surface area contributed by atoms with Crippen molar-refractivity contribution in [3.05, 3.63) is 90.0 Å². The predicted molar refractivity (Wildman–Crippen MR) is 141 cm³/mol. The Kier molecular flexibility index (Phi) is 8.50. The number of aliphatic carboxylic acids is 1. The summed E-state index contributed by atoms with van der Waals surface area (Å²) in [6, 6.07) is 25.3. The third-order valence-corrected chi connectivity index (χ3v) is 6.87. The first-order valence-corrected chi connectivity index (χ1v) is 12.5. The van der Waals surface area contributed by atoms with Crippen molar-refractivity contribution in [1.29, 1.82) is 0 Å². The second-order valence-electron chi connectivity index (χ2n) is 9.43. The van der Waals surface area contributed by atoms with Gasteiger partial charge in [0, 0.05) is 30.6 Å². The number of rotatable bonds is 9. The van der Waals surface area contributed by atoms with E-state index in [4.69, 9.17) is 5.11 Å². The molecule has 2 amide bonds. The molecule has 0 radical (unpaired) electrons. The van der Waals surface area contributed by atoms with Gasteiger partial charge in [0.25, 0.3) is 5.91 Å². The van der Waals surface area contributed by atoms with Crippen LogP contribution in [0.2, 0.25) is 0 Å². The van der Waals surface area contributed by atoms with E-state index in [1.165, 1.54) is 5.56 Å². The molecule has 0 aromatic heterocycles. The fraction of sp³-hybridized carbons (Fsp3) is 0.300. The van der Waals surface area contributed by atoms with Crippen LogP contribution in [0.25, 0.3) is 11.1 Å². The van der Waals surface area contributed by atoms with Crippen LogP contribution in [0.4, 0.5) is 5.69 Å². The van der Waals surface area contributed by atoms with Crippen LogP contribution in [0.5, 0.6) is 0 Å². The average Bonchev–Trinajstić information content (AvgIpc) is 2.90. The van der Waals surface area contributed by atoms with Crippen LogP contribution in [0.15, 0.2) is 78.9 Å². The van der Waals surface area contributed by atoms with Crippen LogP contribution in [0.1, 0.15) is 60.4 Å². The molecule has 0 bridgehead atoms. The molecule has 1 saturated carbocycles. The second-order valence-corrected chi connectivity index (χ2v) is 9.43. The first-order chi connectivity index (χ1) is 17.5. The lowest BCUT2D eigenvalue weighted by atomic mass is 9.77. The number of amides is 2. The molecule has 6 heteroatoms. The number of benzene rings is 3. The van der Waals surface area contributed by atoms with Crippen molar-refractivity contribution in [1.82, 2.24) is 5.32 Å². The van der Waals surface area contributed by atoms with Crippen molar-refractivity contribution in [2.45, 2.75) is 44.4 Å². The maximum absolute atomic E-state index is 12.4. The summed E-state index contributed by atoms with van der Waals surface area (Å²) >= 11 is 0. The summed E-state index contributed by atoms with van der Waals surface area (Å²) < 4.78 is 0. The smallest absolute Gasteiger partial charge is 0.303 e. The molecule has 1 aliphatic rings. The first-order valence-electron chi connectivity index (χ1n) is 12.5. The van der Waals surface area contributed by atoms with Crippen LogP contribution in [0.3, 0.4) is 0 Å². The Balaban J connectivity index is 1.19. The lowest BCUT2D eigenvalue weighted by Crippen LogP contribution is -2.27. The molecule has 3 N–H and O–H groups in total. The van der Waals surface area contributed by atoms with Gasteiger partial charge in [0.05, 0.1) is 0 Å². The van der Waals surface area contributed by atoms with E-state index in [0.717, 1.165) is 42.5 Å². The van der Waals surface area contributed by atoms with E-state index in [1.54, 1.807) is 12.1 Å². The molecule has 0 aliphatic heterocycles. The highest BCUT2D eigenvalue weighted by Crippen LogP contribution is 2.37. The number of carboxylic acid groups (broad SMARTS) is 1. The quantitative estimate of drug-likeness (QED) is 0.354. The molecule has 36 heavy (non-hydrogen) atoms. The van der Waals surface area contributed by atoms with Crippen LogP contribution in [-0.4, -0.2) is 29.4 Å². The predicted octanol–water partition coefficient (Wildman–Crippen LogP) is 5.86. The molecule has 0 saturated heterocycles. The number of anilines is 1. The van der Waals surface area contributed by atoms with Gasteiger partial charge in [0.15, 0.2) is 0 Å². The fourth-order valence-corrected chi connectivity index (χ4v) is 4.85. The van der Waals surface area contributed by atoms with Crippen LogP contribution in [-0.2, 0) is 9.59 Å². The molecule has 0 atom stereocenters. The minimum atomic E-state index is -0.712. The fourth-order valence-electron chi connectivity index (χ4n) is 4.85. The normalized spacial score (nSPS) is 17.2. The minimum Gasteiger partial charge on any atom is -0.481 e. The van der Waals surface area contributed by atoms with E-state index in [1.807, 2.05) is 66.7 Å². The van der Waals surface area contributed by atoms with Crippen LogP contribution < -0.4 is 10.6 Å².